The number of nitrogens with zero attached hydrogens (tertiary/aromatic N) is 2. The fourth-order valence-corrected chi connectivity index (χ4v) is 4.50. The zero-order chi connectivity index (χ0) is 24.9. The lowest BCUT2D eigenvalue weighted by atomic mass is 10.0. The van der Waals surface area contributed by atoms with Crippen molar-refractivity contribution < 1.29 is 14.0 Å². The van der Waals surface area contributed by atoms with Crippen LogP contribution in [0.25, 0.3) is 10.6 Å². The third-order valence-electron chi connectivity index (χ3n) is 5.69. The van der Waals surface area contributed by atoms with Crippen molar-refractivity contribution in [2.45, 2.75) is 70.8 Å². The summed E-state index contributed by atoms with van der Waals surface area (Å²) in [5.41, 5.74) is 1.67. The van der Waals surface area contributed by atoms with E-state index in [-0.39, 0.29) is 17.6 Å². The van der Waals surface area contributed by atoms with Gasteiger partial charge in [0.05, 0.1) is 0 Å². The van der Waals surface area contributed by atoms with Crippen molar-refractivity contribution >= 4 is 28.3 Å². The Kier molecular flexibility index (Phi) is 10.8. The van der Waals surface area contributed by atoms with Crippen molar-refractivity contribution in [3.8, 4) is 10.6 Å². The van der Waals surface area contributed by atoms with Crippen LogP contribution in [-0.2, 0) is 16.0 Å². The predicted molar refractivity (Wildman–Crippen MR) is 139 cm³/mol. The van der Waals surface area contributed by atoms with Gasteiger partial charge in [-0.25, -0.2) is 4.39 Å². The summed E-state index contributed by atoms with van der Waals surface area (Å²) in [6.45, 7) is 2.20. The lowest BCUT2D eigenvalue weighted by Crippen LogP contribution is -2.45. The lowest BCUT2D eigenvalue weighted by molar-refractivity contribution is -0.126. The van der Waals surface area contributed by atoms with Crippen LogP contribution < -0.4 is 10.6 Å². The highest BCUT2D eigenvalue weighted by atomic mass is 32.1. The molecule has 2 N–H and O–H groups in total. The Bertz CT molecular complexity index is 1060. The number of rotatable bonds is 14. The van der Waals surface area contributed by atoms with Gasteiger partial charge in [-0.15, -0.1) is 10.2 Å². The maximum Gasteiger partial charge on any atom is 0.249 e. The summed E-state index contributed by atoms with van der Waals surface area (Å²) in [4.78, 5) is 25.7. The van der Waals surface area contributed by atoms with Crippen LogP contribution in [0.2, 0.25) is 0 Å². The van der Waals surface area contributed by atoms with Crippen molar-refractivity contribution in [1.29, 1.82) is 0 Å². The first-order chi connectivity index (χ1) is 17.0. The van der Waals surface area contributed by atoms with Crippen molar-refractivity contribution in [3.05, 3.63) is 66.0 Å². The van der Waals surface area contributed by atoms with E-state index in [1.54, 1.807) is 12.1 Å². The van der Waals surface area contributed by atoms with Gasteiger partial charge in [0.25, 0.3) is 0 Å². The van der Waals surface area contributed by atoms with E-state index in [2.05, 4.69) is 27.8 Å². The van der Waals surface area contributed by atoms with E-state index < -0.39 is 6.04 Å². The predicted octanol–water partition coefficient (Wildman–Crippen LogP) is 6.15. The van der Waals surface area contributed by atoms with E-state index >= 15 is 0 Å². The molecule has 0 unspecified atom stereocenters. The van der Waals surface area contributed by atoms with Crippen LogP contribution in [0, 0.1) is 5.82 Å². The second-order valence-electron chi connectivity index (χ2n) is 8.59. The van der Waals surface area contributed by atoms with Gasteiger partial charge in [-0.1, -0.05) is 87.1 Å². The number of anilines is 1. The molecule has 6 nitrogen and oxygen atoms in total. The van der Waals surface area contributed by atoms with Crippen LogP contribution in [0.5, 0.6) is 0 Å². The van der Waals surface area contributed by atoms with Gasteiger partial charge >= 0.3 is 0 Å². The molecule has 1 heterocycles. The highest BCUT2D eigenvalue weighted by Gasteiger charge is 2.22. The molecule has 8 heteroatoms. The molecular formula is C27H33FN4O2S. The summed E-state index contributed by atoms with van der Waals surface area (Å²) in [5.74, 6) is -0.801. The van der Waals surface area contributed by atoms with Crippen molar-refractivity contribution in [2.24, 2.45) is 0 Å². The van der Waals surface area contributed by atoms with E-state index in [9.17, 15) is 14.0 Å². The van der Waals surface area contributed by atoms with E-state index in [1.165, 1.54) is 49.2 Å². The lowest BCUT2D eigenvalue weighted by Gasteiger charge is -2.18. The third-order valence-corrected chi connectivity index (χ3v) is 6.58. The first-order valence-electron chi connectivity index (χ1n) is 12.3. The number of hydrogen-bond acceptors (Lipinski definition) is 5. The van der Waals surface area contributed by atoms with Crippen molar-refractivity contribution in [2.75, 3.05) is 5.32 Å². The van der Waals surface area contributed by atoms with Crippen LogP contribution in [0.1, 0.15) is 63.9 Å². The zero-order valence-corrected chi connectivity index (χ0v) is 21.0. The van der Waals surface area contributed by atoms with Gasteiger partial charge < -0.3 is 5.32 Å². The zero-order valence-electron chi connectivity index (χ0n) is 20.1. The summed E-state index contributed by atoms with van der Waals surface area (Å²) in [6.07, 6.45) is 8.67. The second-order valence-corrected chi connectivity index (χ2v) is 9.57. The molecule has 0 radical (unpaired) electrons. The topological polar surface area (TPSA) is 84.0 Å². The third kappa shape index (κ3) is 9.20. The maximum absolute atomic E-state index is 13.2. The minimum Gasteiger partial charge on any atom is -0.344 e. The largest absolute Gasteiger partial charge is 0.344 e. The number of aromatic nitrogens is 2. The van der Waals surface area contributed by atoms with Gasteiger partial charge in [-0.05, 0) is 36.2 Å². The molecule has 3 aromatic rings. The quantitative estimate of drug-likeness (QED) is 0.262. The average Bonchev–Trinajstić information content (AvgIpc) is 3.32. The van der Waals surface area contributed by atoms with Gasteiger partial charge in [-0.2, -0.15) is 0 Å². The van der Waals surface area contributed by atoms with Crippen LogP contribution in [0.3, 0.4) is 0 Å². The van der Waals surface area contributed by atoms with E-state index in [0.29, 0.717) is 28.5 Å². The van der Waals surface area contributed by atoms with Gasteiger partial charge in [0.15, 0.2) is 0 Å². The second kappa shape index (κ2) is 14.3. The van der Waals surface area contributed by atoms with Gasteiger partial charge in [0.1, 0.15) is 16.9 Å². The molecule has 0 fully saturated rings. The number of carbonyl (C=O) groups excluding carboxylic acids is 2. The first-order valence-corrected chi connectivity index (χ1v) is 13.1. The number of carbonyl (C=O) groups is 2. The molecule has 1 aromatic heterocycles. The normalized spacial score (nSPS) is 11.7. The molecule has 0 saturated heterocycles. The van der Waals surface area contributed by atoms with Crippen LogP contribution in [0.15, 0.2) is 54.6 Å². The smallest absolute Gasteiger partial charge is 0.249 e. The molecule has 0 aliphatic heterocycles. The molecule has 0 bridgehead atoms. The Hall–Kier alpha value is -3.13. The highest BCUT2D eigenvalue weighted by molar-refractivity contribution is 7.18. The Balaban J connectivity index is 1.57. The number of halogens is 1. The minimum atomic E-state index is -0.729. The molecule has 35 heavy (non-hydrogen) atoms. The Morgan fingerprint density at radius 3 is 2.31 bits per heavy atom. The molecule has 0 spiro atoms. The van der Waals surface area contributed by atoms with Crippen molar-refractivity contribution in [3.63, 3.8) is 0 Å². The van der Waals surface area contributed by atoms with Crippen LogP contribution in [-0.4, -0.2) is 28.1 Å². The molecule has 0 saturated carbocycles. The van der Waals surface area contributed by atoms with Gasteiger partial charge in [-0.3, -0.25) is 14.9 Å². The molecule has 1 atom stereocenters. The summed E-state index contributed by atoms with van der Waals surface area (Å²) < 4.78 is 13.2. The standard InChI is InChI=1S/C27H33FN4O2S/c1-2-3-4-5-6-7-11-14-24(33)29-23(19-20-12-9-8-10-13-20)25(34)30-27-32-31-26(35-27)21-15-17-22(28)18-16-21/h8-10,12-13,15-18,23H,2-7,11,14,19H2,1H3,(H,29,33)(H,30,32,34)/t23-/m1/s1. The molecule has 2 amide bonds. The summed E-state index contributed by atoms with van der Waals surface area (Å²) in [7, 11) is 0. The molecular weight excluding hydrogens is 463 g/mol. The number of hydrogen-bond donors (Lipinski definition) is 2. The minimum absolute atomic E-state index is 0.126. The van der Waals surface area contributed by atoms with Gasteiger partial charge in [0, 0.05) is 18.4 Å². The number of nitrogens with one attached hydrogen (secondary N) is 2. The van der Waals surface area contributed by atoms with Crippen LogP contribution >= 0.6 is 11.3 Å². The Morgan fingerprint density at radius 1 is 0.914 bits per heavy atom. The summed E-state index contributed by atoms with van der Waals surface area (Å²) in [6, 6.07) is 14.8. The first kappa shape index (κ1) is 26.5. The van der Waals surface area contributed by atoms with Crippen molar-refractivity contribution in [1.82, 2.24) is 15.5 Å². The van der Waals surface area contributed by atoms with E-state index in [0.717, 1.165) is 24.8 Å². The number of unbranched alkanes of at least 4 members (excludes halogenated alkanes) is 6. The van der Waals surface area contributed by atoms with Crippen LogP contribution in [0.4, 0.5) is 9.52 Å². The maximum atomic E-state index is 13.2. The molecule has 2 aromatic carbocycles. The Morgan fingerprint density at radius 2 is 1.60 bits per heavy atom. The summed E-state index contributed by atoms with van der Waals surface area (Å²) in [5, 5.41) is 14.7. The molecule has 0 aliphatic rings. The number of amides is 2. The monoisotopic (exact) mass is 496 g/mol. The fourth-order valence-electron chi connectivity index (χ4n) is 3.74. The number of benzene rings is 2. The Labute approximate surface area is 210 Å². The molecule has 186 valence electrons. The van der Waals surface area contributed by atoms with Gasteiger partial charge in [0.2, 0.25) is 16.9 Å². The average molecular weight is 497 g/mol. The summed E-state index contributed by atoms with van der Waals surface area (Å²) >= 11 is 1.20. The highest BCUT2D eigenvalue weighted by Crippen LogP contribution is 2.26. The van der Waals surface area contributed by atoms with E-state index in [4.69, 9.17) is 0 Å². The SMILES string of the molecule is CCCCCCCCCC(=O)N[C@H](Cc1ccccc1)C(=O)Nc1nnc(-c2ccc(F)cc2)s1. The fraction of sp³-hybridized carbons (Fsp3) is 0.407. The molecule has 0 aliphatic carbocycles. The molecule has 3 rings (SSSR count). The van der Waals surface area contributed by atoms with E-state index in [1.807, 2.05) is 30.3 Å².